The molecule has 0 saturated heterocycles. The Morgan fingerprint density at radius 3 is 2.82 bits per heavy atom. The Kier molecular flexibility index (Phi) is 6.63. The minimum atomic E-state index is 0.233. The molecule has 2 unspecified atom stereocenters. The molecule has 0 bridgehead atoms. The predicted molar refractivity (Wildman–Crippen MR) is 70.4 cm³/mol. The number of halogens is 1. The van der Waals surface area contributed by atoms with Crippen molar-refractivity contribution < 1.29 is 9.15 Å². The number of hydrogen-bond donors (Lipinski definition) is 1. The summed E-state index contributed by atoms with van der Waals surface area (Å²) in [5.41, 5.74) is 1.05. The van der Waals surface area contributed by atoms with Gasteiger partial charge in [0.1, 0.15) is 0 Å². The summed E-state index contributed by atoms with van der Waals surface area (Å²) in [5.74, 6) is 0.455. The lowest BCUT2D eigenvalue weighted by atomic mass is 9.93. The van der Waals surface area contributed by atoms with Gasteiger partial charge in [-0.25, -0.2) is 0 Å². The van der Waals surface area contributed by atoms with Crippen LogP contribution in [0, 0.1) is 5.92 Å². The normalized spacial score (nSPS) is 14.8. The van der Waals surface area contributed by atoms with Gasteiger partial charge in [0.2, 0.25) is 0 Å². The minimum absolute atomic E-state index is 0.233. The van der Waals surface area contributed by atoms with Crippen molar-refractivity contribution in [1.82, 2.24) is 5.32 Å². The largest absolute Gasteiger partial charge is 0.453 e. The molecule has 3 nitrogen and oxygen atoms in total. The fourth-order valence-corrected chi connectivity index (χ4v) is 2.15. The Hall–Kier alpha value is -0.510. The SMILES string of the molecule is CCCNC(c1ccoc1Cl)C(C)CCOC. The van der Waals surface area contributed by atoms with Gasteiger partial charge in [0.05, 0.1) is 6.26 Å². The van der Waals surface area contributed by atoms with Crippen LogP contribution in [0.1, 0.15) is 38.3 Å². The molecule has 1 rings (SSSR count). The highest BCUT2D eigenvalue weighted by molar-refractivity contribution is 6.29. The zero-order valence-electron chi connectivity index (χ0n) is 10.8. The maximum atomic E-state index is 6.05. The van der Waals surface area contributed by atoms with Gasteiger partial charge in [-0.2, -0.15) is 0 Å². The van der Waals surface area contributed by atoms with E-state index in [1.54, 1.807) is 13.4 Å². The van der Waals surface area contributed by atoms with Gasteiger partial charge in [-0.05, 0) is 43.0 Å². The summed E-state index contributed by atoms with van der Waals surface area (Å²) in [6.45, 7) is 6.10. The van der Waals surface area contributed by atoms with Crippen LogP contribution in [-0.2, 0) is 4.74 Å². The van der Waals surface area contributed by atoms with Crippen LogP contribution in [0.25, 0.3) is 0 Å². The van der Waals surface area contributed by atoms with E-state index in [0.717, 1.165) is 31.6 Å². The molecule has 2 atom stereocenters. The van der Waals surface area contributed by atoms with Gasteiger partial charge >= 0.3 is 0 Å². The second-order valence-electron chi connectivity index (χ2n) is 4.34. The highest BCUT2D eigenvalue weighted by Crippen LogP contribution is 2.30. The van der Waals surface area contributed by atoms with Crippen molar-refractivity contribution in [3.8, 4) is 0 Å². The van der Waals surface area contributed by atoms with E-state index in [-0.39, 0.29) is 6.04 Å². The second-order valence-corrected chi connectivity index (χ2v) is 4.68. The molecular weight excluding hydrogens is 238 g/mol. The first-order valence-corrected chi connectivity index (χ1v) is 6.53. The molecule has 98 valence electrons. The van der Waals surface area contributed by atoms with Crippen molar-refractivity contribution >= 4 is 11.6 Å². The molecule has 0 saturated carbocycles. The summed E-state index contributed by atoms with van der Waals surface area (Å²) in [6.07, 6.45) is 3.74. The third kappa shape index (κ3) is 4.34. The van der Waals surface area contributed by atoms with Crippen molar-refractivity contribution in [3.63, 3.8) is 0 Å². The van der Waals surface area contributed by atoms with Crippen molar-refractivity contribution in [3.05, 3.63) is 23.1 Å². The monoisotopic (exact) mass is 259 g/mol. The summed E-state index contributed by atoms with van der Waals surface area (Å²) >= 11 is 6.05. The molecular formula is C13H22ClNO2. The van der Waals surface area contributed by atoms with Gasteiger partial charge in [0.25, 0.3) is 0 Å². The molecule has 0 radical (unpaired) electrons. The molecule has 1 N–H and O–H groups in total. The Morgan fingerprint density at radius 2 is 2.29 bits per heavy atom. The second kappa shape index (κ2) is 7.75. The fourth-order valence-electron chi connectivity index (χ4n) is 1.91. The maximum Gasteiger partial charge on any atom is 0.197 e. The van der Waals surface area contributed by atoms with E-state index < -0.39 is 0 Å². The average Bonchev–Trinajstić information content (AvgIpc) is 2.73. The van der Waals surface area contributed by atoms with Gasteiger partial charge in [-0.3, -0.25) is 0 Å². The Labute approximate surface area is 108 Å². The van der Waals surface area contributed by atoms with Crippen LogP contribution in [0.4, 0.5) is 0 Å². The van der Waals surface area contributed by atoms with Crippen LogP contribution in [-0.4, -0.2) is 20.3 Å². The zero-order chi connectivity index (χ0) is 12.7. The first kappa shape index (κ1) is 14.6. The molecule has 1 heterocycles. The van der Waals surface area contributed by atoms with E-state index in [9.17, 15) is 0 Å². The van der Waals surface area contributed by atoms with E-state index in [1.165, 1.54) is 0 Å². The third-order valence-electron chi connectivity index (χ3n) is 2.94. The number of hydrogen-bond acceptors (Lipinski definition) is 3. The summed E-state index contributed by atoms with van der Waals surface area (Å²) in [6, 6.07) is 2.18. The molecule has 17 heavy (non-hydrogen) atoms. The smallest absolute Gasteiger partial charge is 0.197 e. The van der Waals surface area contributed by atoms with Crippen LogP contribution in [0.5, 0.6) is 0 Å². The highest BCUT2D eigenvalue weighted by atomic mass is 35.5. The lowest BCUT2D eigenvalue weighted by Crippen LogP contribution is -2.28. The Balaban J connectivity index is 2.69. The summed E-state index contributed by atoms with van der Waals surface area (Å²) in [4.78, 5) is 0. The van der Waals surface area contributed by atoms with Gasteiger partial charge in [0.15, 0.2) is 5.22 Å². The lowest BCUT2D eigenvalue weighted by Gasteiger charge is -2.24. The molecule has 1 aromatic rings. The quantitative estimate of drug-likeness (QED) is 0.774. The number of ether oxygens (including phenoxy) is 1. The van der Waals surface area contributed by atoms with Crippen molar-refractivity contribution in [2.75, 3.05) is 20.3 Å². The lowest BCUT2D eigenvalue weighted by molar-refractivity contribution is 0.170. The van der Waals surface area contributed by atoms with Crippen molar-refractivity contribution in [2.45, 2.75) is 32.7 Å². The first-order chi connectivity index (χ1) is 8.20. The van der Waals surface area contributed by atoms with Gasteiger partial charge < -0.3 is 14.5 Å². The van der Waals surface area contributed by atoms with E-state index in [2.05, 4.69) is 19.2 Å². The fraction of sp³-hybridized carbons (Fsp3) is 0.692. The van der Waals surface area contributed by atoms with E-state index in [4.69, 9.17) is 20.8 Å². The summed E-state index contributed by atoms with van der Waals surface area (Å²) in [5, 5.41) is 4.01. The average molecular weight is 260 g/mol. The van der Waals surface area contributed by atoms with Crippen LogP contribution in [0.3, 0.4) is 0 Å². The van der Waals surface area contributed by atoms with Crippen molar-refractivity contribution in [2.24, 2.45) is 5.92 Å². The molecule has 0 aliphatic rings. The molecule has 0 spiro atoms. The predicted octanol–water partition coefficient (Wildman–Crippen LogP) is 3.65. The third-order valence-corrected chi connectivity index (χ3v) is 3.25. The highest BCUT2D eigenvalue weighted by Gasteiger charge is 2.22. The van der Waals surface area contributed by atoms with Crippen LogP contribution in [0.2, 0.25) is 5.22 Å². The van der Waals surface area contributed by atoms with Crippen LogP contribution in [0.15, 0.2) is 16.7 Å². The molecule has 4 heteroatoms. The standard InChI is InChI=1S/C13H22ClNO2/c1-4-7-15-12(10(2)5-8-16-3)11-6-9-17-13(11)14/h6,9-10,12,15H,4-5,7-8H2,1-3H3. The van der Waals surface area contributed by atoms with Gasteiger partial charge in [0, 0.05) is 25.3 Å². The van der Waals surface area contributed by atoms with Crippen molar-refractivity contribution in [1.29, 1.82) is 0 Å². The molecule has 1 aromatic heterocycles. The molecule has 0 fully saturated rings. The van der Waals surface area contributed by atoms with Gasteiger partial charge in [-0.15, -0.1) is 0 Å². The van der Waals surface area contributed by atoms with E-state index in [1.807, 2.05) is 6.07 Å². The Morgan fingerprint density at radius 1 is 1.53 bits per heavy atom. The summed E-state index contributed by atoms with van der Waals surface area (Å²) in [7, 11) is 1.73. The van der Waals surface area contributed by atoms with Crippen LogP contribution < -0.4 is 5.32 Å². The van der Waals surface area contributed by atoms with Crippen LogP contribution >= 0.6 is 11.6 Å². The number of nitrogens with one attached hydrogen (secondary N) is 1. The molecule has 0 amide bonds. The Bertz CT molecular complexity index is 314. The van der Waals surface area contributed by atoms with E-state index in [0.29, 0.717) is 11.1 Å². The topological polar surface area (TPSA) is 34.4 Å². The van der Waals surface area contributed by atoms with E-state index >= 15 is 0 Å². The maximum absolute atomic E-state index is 6.05. The molecule has 0 aliphatic heterocycles. The number of rotatable bonds is 8. The molecule has 0 aromatic carbocycles. The number of methoxy groups -OCH3 is 1. The number of furan rings is 1. The first-order valence-electron chi connectivity index (χ1n) is 6.15. The molecule has 0 aliphatic carbocycles. The summed E-state index contributed by atoms with van der Waals surface area (Å²) < 4.78 is 10.3. The zero-order valence-corrected chi connectivity index (χ0v) is 11.6. The van der Waals surface area contributed by atoms with Gasteiger partial charge in [-0.1, -0.05) is 13.8 Å². The minimum Gasteiger partial charge on any atom is -0.453 e.